The normalized spacial score (nSPS) is 11.6. The molecular weight excluding hydrogens is 324 g/mol. The summed E-state index contributed by atoms with van der Waals surface area (Å²) in [6, 6.07) is 5.49. The van der Waals surface area contributed by atoms with E-state index in [0.29, 0.717) is 11.5 Å². The molecule has 0 aliphatic rings. The summed E-state index contributed by atoms with van der Waals surface area (Å²) in [4.78, 5) is 11.6. The van der Waals surface area contributed by atoms with E-state index in [0.717, 1.165) is 6.26 Å². The summed E-state index contributed by atoms with van der Waals surface area (Å²) in [5.74, 6) is -0.814. The lowest BCUT2D eigenvalue weighted by molar-refractivity contribution is 0.101. The predicted molar refractivity (Wildman–Crippen MR) is 72.4 cm³/mol. The van der Waals surface area contributed by atoms with E-state index in [-0.39, 0.29) is 15.5 Å². The summed E-state index contributed by atoms with van der Waals surface area (Å²) in [5, 5.41) is 5.54. The average Bonchev–Trinajstić information content (AvgIpc) is 2.87. The van der Waals surface area contributed by atoms with Crippen LogP contribution in [0.2, 0.25) is 0 Å². The minimum atomic E-state index is -3.43. The molecule has 0 unspecified atom stereocenters. The number of aromatic nitrogens is 2. The van der Waals surface area contributed by atoms with Crippen LogP contribution in [0.5, 0.6) is 0 Å². The molecule has 1 aromatic heterocycles. The predicted octanol–water partition coefficient (Wildman–Crippen LogP) is 2.13. The van der Waals surface area contributed by atoms with Crippen LogP contribution in [0.4, 0.5) is 14.5 Å². The SMILES string of the molecule is CS(=O)(=O)c1cccc(NC(=O)c2snnc2C(F)F)c1. The number of benzene rings is 1. The highest BCUT2D eigenvalue weighted by atomic mass is 32.2. The Hall–Kier alpha value is -1.94. The van der Waals surface area contributed by atoms with Crippen LogP contribution >= 0.6 is 11.5 Å². The smallest absolute Gasteiger partial charge is 0.283 e. The number of carbonyl (C=O) groups is 1. The van der Waals surface area contributed by atoms with Crippen LogP contribution in [0.15, 0.2) is 29.2 Å². The van der Waals surface area contributed by atoms with E-state index < -0.39 is 27.9 Å². The fourth-order valence-electron chi connectivity index (χ4n) is 1.49. The van der Waals surface area contributed by atoms with Gasteiger partial charge in [-0.2, -0.15) is 0 Å². The van der Waals surface area contributed by atoms with Gasteiger partial charge in [-0.25, -0.2) is 17.2 Å². The molecule has 0 bridgehead atoms. The van der Waals surface area contributed by atoms with Crippen molar-refractivity contribution in [2.24, 2.45) is 0 Å². The second-order valence-electron chi connectivity index (χ2n) is 4.04. The van der Waals surface area contributed by atoms with Crippen molar-refractivity contribution in [3.8, 4) is 0 Å². The van der Waals surface area contributed by atoms with E-state index in [1.54, 1.807) is 0 Å². The van der Waals surface area contributed by atoms with Gasteiger partial charge < -0.3 is 5.32 Å². The minimum Gasteiger partial charge on any atom is -0.321 e. The molecule has 0 fully saturated rings. The summed E-state index contributed by atoms with van der Waals surface area (Å²) < 4.78 is 51.4. The van der Waals surface area contributed by atoms with Crippen LogP contribution in [0.1, 0.15) is 21.8 Å². The Kier molecular flexibility index (Phi) is 4.28. The third kappa shape index (κ3) is 3.58. The first-order valence-electron chi connectivity index (χ1n) is 5.51. The van der Waals surface area contributed by atoms with Gasteiger partial charge in [-0.05, 0) is 29.7 Å². The van der Waals surface area contributed by atoms with E-state index in [1.807, 2.05) is 0 Å². The summed E-state index contributed by atoms with van der Waals surface area (Å²) >= 11 is 0.544. The molecule has 10 heteroatoms. The van der Waals surface area contributed by atoms with E-state index >= 15 is 0 Å². The summed E-state index contributed by atoms with van der Waals surface area (Å²) in [6.07, 6.45) is -1.89. The van der Waals surface area contributed by atoms with Gasteiger partial charge in [-0.1, -0.05) is 10.6 Å². The number of hydrogen-bond acceptors (Lipinski definition) is 6. The Bertz CT molecular complexity index is 775. The second kappa shape index (κ2) is 5.82. The first-order valence-corrected chi connectivity index (χ1v) is 8.17. The number of halogens is 2. The number of hydrogen-bond donors (Lipinski definition) is 1. The Morgan fingerprint density at radius 3 is 2.71 bits per heavy atom. The van der Waals surface area contributed by atoms with Crippen molar-refractivity contribution in [3.05, 3.63) is 34.8 Å². The number of anilines is 1. The van der Waals surface area contributed by atoms with E-state index in [4.69, 9.17) is 0 Å². The molecule has 0 saturated heterocycles. The summed E-state index contributed by atoms with van der Waals surface area (Å²) in [6.45, 7) is 0. The molecule has 6 nitrogen and oxygen atoms in total. The standard InChI is InChI=1S/C11H9F2N3O3S2/c1-21(18,19)7-4-2-3-6(5-7)14-11(17)9-8(10(12)13)15-16-20-9/h2-5,10H,1H3,(H,14,17). The van der Waals surface area contributed by atoms with Gasteiger partial charge in [-0.3, -0.25) is 4.79 Å². The Morgan fingerprint density at radius 1 is 1.38 bits per heavy atom. The largest absolute Gasteiger partial charge is 0.321 e. The van der Waals surface area contributed by atoms with E-state index in [2.05, 4.69) is 14.9 Å². The third-order valence-electron chi connectivity index (χ3n) is 2.45. The van der Waals surface area contributed by atoms with Gasteiger partial charge in [0, 0.05) is 11.9 Å². The number of carbonyl (C=O) groups excluding carboxylic acids is 1. The van der Waals surface area contributed by atoms with Crippen molar-refractivity contribution in [1.29, 1.82) is 0 Å². The molecule has 0 aliphatic heterocycles. The lowest BCUT2D eigenvalue weighted by Gasteiger charge is -2.06. The summed E-state index contributed by atoms with van der Waals surface area (Å²) in [5.41, 5.74) is -0.520. The molecule has 1 N–H and O–H groups in total. The zero-order valence-electron chi connectivity index (χ0n) is 10.6. The number of nitrogens with zero attached hydrogens (tertiary/aromatic N) is 2. The van der Waals surface area contributed by atoms with Crippen molar-refractivity contribution in [3.63, 3.8) is 0 Å². The molecule has 1 aromatic carbocycles. The first kappa shape index (κ1) is 15.4. The Balaban J connectivity index is 2.26. The van der Waals surface area contributed by atoms with Crippen LogP contribution in [0, 0.1) is 0 Å². The van der Waals surface area contributed by atoms with Crippen molar-refractivity contribution in [1.82, 2.24) is 9.59 Å². The number of rotatable bonds is 4. The van der Waals surface area contributed by atoms with Gasteiger partial charge in [0.15, 0.2) is 15.5 Å². The van der Waals surface area contributed by atoms with Gasteiger partial charge in [-0.15, -0.1) is 5.10 Å². The fourth-order valence-corrected chi connectivity index (χ4v) is 2.72. The number of sulfone groups is 1. The monoisotopic (exact) mass is 333 g/mol. The highest BCUT2D eigenvalue weighted by Crippen LogP contribution is 2.24. The van der Waals surface area contributed by atoms with Gasteiger partial charge in [0.2, 0.25) is 0 Å². The van der Waals surface area contributed by atoms with Crippen molar-refractivity contribution in [2.45, 2.75) is 11.3 Å². The van der Waals surface area contributed by atoms with Crippen molar-refractivity contribution >= 4 is 33.0 Å². The van der Waals surface area contributed by atoms with Crippen LogP contribution in [-0.2, 0) is 9.84 Å². The maximum atomic E-state index is 12.6. The van der Waals surface area contributed by atoms with Crippen LogP contribution < -0.4 is 5.32 Å². The molecule has 2 rings (SSSR count). The molecular formula is C11H9F2N3O3S2. The molecule has 0 atom stereocenters. The molecule has 0 radical (unpaired) electrons. The zero-order chi connectivity index (χ0) is 15.6. The number of amides is 1. The van der Waals surface area contributed by atoms with Crippen LogP contribution in [-0.4, -0.2) is 30.2 Å². The molecule has 21 heavy (non-hydrogen) atoms. The molecule has 0 saturated carbocycles. The lowest BCUT2D eigenvalue weighted by atomic mass is 10.3. The third-order valence-corrected chi connectivity index (χ3v) is 4.30. The lowest BCUT2D eigenvalue weighted by Crippen LogP contribution is -2.13. The van der Waals surface area contributed by atoms with Gasteiger partial charge in [0.25, 0.3) is 12.3 Å². The minimum absolute atomic E-state index is 0.0109. The van der Waals surface area contributed by atoms with E-state index in [9.17, 15) is 22.0 Å². The molecule has 1 heterocycles. The molecule has 1 amide bonds. The van der Waals surface area contributed by atoms with Gasteiger partial charge >= 0.3 is 0 Å². The maximum absolute atomic E-state index is 12.6. The molecule has 112 valence electrons. The quantitative estimate of drug-likeness (QED) is 0.926. The Morgan fingerprint density at radius 2 is 2.10 bits per heavy atom. The van der Waals surface area contributed by atoms with Gasteiger partial charge in [0.1, 0.15) is 4.88 Å². The Labute approximate surface area is 122 Å². The maximum Gasteiger partial charge on any atom is 0.283 e. The highest BCUT2D eigenvalue weighted by Gasteiger charge is 2.23. The van der Waals surface area contributed by atoms with Crippen molar-refractivity contribution in [2.75, 3.05) is 11.6 Å². The average molecular weight is 333 g/mol. The molecule has 2 aromatic rings. The summed E-state index contributed by atoms with van der Waals surface area (Å²) in [7, 11) is -3.43. The van der Waals surface area contributed by atoms with Gasteiger partial charge in [0.05, 0.1) is 4.90 Å². The van der Waals surface area contributed by atoms with Crippen molar-refractivity contribution < 1.29 is 22.0 Å². The van der Waals surface area contributed by atoms with Crippen LogP contribution in [0.25, 0.3) is 0 Å². The van der Waals surface area contributed by atoms with E-state index in [1.165, 1.54) is 24.3 Å². The number of nitrogens with one attached hydrogen (secondary N) is 1. The van der Waals surface area contributed by atoms with Crippen LogP contribution in [0.3, 0.4) is 0 Å². The number of alkyl halides is 2. The first-order chi connectivity index (χ1) is 9.79. The fraction of sp³-hybridized carbons (Fsp3) is 0.182. The molecule has 0 spiro atoms. The molecule has 0 aliphatic carbocycles. The highest BCUT2D eigenvalue weighted by molar-refractivity contribution is 7.90. The topological polar surface area (TPSA) is 89.0 Å². The second-order valence-corrected chi connectivity index (χ2v) is 6.81. The zero-order valence-corrected chi connectivity index (χ0v) is 12.2.